The van der Waals surface area contributed by atoms with Gasteiger partial charge in [0, 0.05) is 0 Å². The van der Waals surface area contributed by atoms with E-state index in [0.717, 1.165) is 12.8 Å². The molecule has 3 aromatic rings. The molecule has 0 aliphatic rings. The summed E-state index contributed by atoms with van der Waals surface area (Å²) in [6, 6.07) is 8.92. The van der Waals surface area contributed by atoms with Crippen LogP contribution in [-0.2, 0) is 12.8 Å². The van der Waals surface area contributed by atoms with Crippen LogP contribution in [0.4, 0.5) is 0 Å². The predicted molar refractivity (Wildman–Crippen MR) is 93.0 cm³/mol. The zero-order valence-electron chi connectivity index (χ0n) is 9.86. The van der Waals surface area contributed by atoms with E-state index >= 15 is 0 Å². The molecule has 0 fully saturated rings. The van der Waals surface area contributed by atoms with Gasteiger partial charge in [-0.25, -0.2) is 0 Å². The molecule has 0 saturated heterocycles. The van der Waals surface area contributed by atoms with E-state index in [0.29, 0.717) is 14.5 Å². The van der Waals surface area contributed by atoms with Crippen LogP contribution in [-0.4, -0.2) is 14.5 Å². The van der Waals surface area contributed by atoms with Crippen molar-refractivity contribution < 1.29 is 0 Å². The van der Waals surface area contributed by atoms with Crippen molar-refractivity contribution in [3.63, 3.8) is 0 Å². The van der Waals surface area contributed by atoms with Gasteiger partial charge in [0.25, 0.3) is 0 Å². The van der Waals surface area contributed by atoms with Crippen molar-refractivity contribution in [3.8, 4) is 0 Å². The van der Waals surface area contributed by atoms with E-state index in [-0.39, 0.29) is 0 Å². The molecule has 0 atom stereocenters. The SMILES string of the molecule is Brc1ccsc1Cc1ccc(Cc2sccc2Br)[se]1. The number of halogens is 2. The van der Waals surface area contributed by atoms with Crippen molar-refractivity contribution in [3.05, 3.63) is 62.6 Å². The molecule has 19 heavy (non-hydrogen) atoms. The molecule has 0 bridgehead atoms. The van der Waals surface area contributed by atoms with E-state index in [9.17, 15) is 0 Å². The number of thiophene rings is 2. The number of rotatable bonds is 4. The summed E-state index contributed by atoms with van der Waals surface area (Å²) >= 11 is 11.4. The van der Waals surface area contributed by atoms with Gasteiger partial charge in [0.05, 0.1) is 0 Å². The van der Waals surface area contributed by atoms with Crippen molar-refractivity contribution in [1.82, 2.24) is 0 Å². The third-order valence-electron chi connectivity index (χ3n) is 2.77. The second-order valence-electron chi connectivity index (χ2n) is 4.11. The van der Waals surface area contributed by atoms with Crippen LogP contribution in [0.15, 0.2) is 44.0 Å². The normalized spacial score (nSPS) is 11.1. The van der Waals surface area contributed by atoms with E-state index in [4.69, 9.17) is 0 Å². The summed E-state index contributed by atoms with van der Waals surface area (Å²) in [6.45, 7) is 0. The quantitative estimate of drug-likeness (QED) is 0.428. The minimum atomic E-state index is 0.521. The Morgan fingerprint density at radius 2 is 1.26 bits per heavy atom. The summed E-state index contributed by atoms with van der Waals surface area (Å²) in [6.07, 6.45) is 2.20. The second kappa shape index (κ2) is 6.42. The number of hydrogen-bond donors (Lipinski definition) is 0. The summed E-state index contributed by atoms with van der Waals surface area (Å²) < 4.78 is 5.67. The van der Waals surface area contributed by atoms with Gasteiger partial charge in [-0.3, -0.25) is 0 Å². The summed E-state index contributed by atoms with van der Waals surface area (Å²) in [5, 5.41) is 4.30. The Labute approximate surface area is 143 Å². The Morgan fingerprint density at radius 1 is 0.789 bits per heavy atom. The Morgan fingerprint density at radius 3 is 1.63 bits per heavy atom. The molecule has 0 aromatic carbocycles. The molecule has 0 saturated carbocycles. The first-order chi connectivity index (χ1) is 9.22. The summed E-state index contributed by atoms with van der Waals surface area (Å²) in [7, 11) is 0. The van der Waals surface area contributed by atoms with E-state index in [1.807, 2.05) is 22.7 Å². The molecular formula is C14H10Br2S2Se. The molecule has 0 aliphatic carbocycles. The van der Waals surface area contributed by atoms with Crippen LogP contribution >= 0.6 is 54.5 Å². The van der Waals surface area contributed by atoms with Crippen LogP contribution in [0.25, 0.3) is 0 Å². The van der Waals surface area contributed by atoms with Crippen LogP contribution in [0.2, 0.25) is 0 Å². The molecule has 5 heteroatoms. The predicted octanol–water partition coefficient (Wildman–Crippen LogP) is 5.57. The Hall–Kier alpha value is 0.359. The van der Waals surface area contributed by atoms with Crippen LogP contribution in [0.5, 0.6) is 0 Å². The first kappa shape index (κ1) is 14.3. The molecule has 0 nitrogen and oxygen atoms in total. The van der Waals surface area contributed by atoms with Gasteiger partial charge in [0.2, 0.25) is 0 Å². The van der Waals surface area contributed by atoms with Gasteiger partial charge in [-0.2, -0.15) is 0 Å². The van der Waals surface area contributed by atoms with Gasteiger partial charge in [-0.05, 0) is 0 Å². The van der Waals surface area contributed by atoms with Crippen molar-refractivity contribution in [1.29, 1.82) is 0 Å². The molecule has 3 heterocycles. The van der Waals surface area contributed by atoms with E-state index < -0.39 is 0 Å². The molecule has 3 rings (SSSR count). The van der Waals surface area contributed by atoms with Gasteiger partial charge < -0.3 is 0 Å². The van der Waals surface area contributed by atoms with Gasteiger partial charge >= 0.3 is 144 Å². The van der Waals surface area contributed by atoms with Gasteiger partial charge in [0.1, 0.15) is 0 Å². The molecule has 0 radical (unpaired) electrons. The Balaban J connectivity index is 1.73. The fourth-order valence-electron chi connectivity index (χ4n) is 1.83. The minimum absolute atomic E-state index is 0.521. The maximum absolute atomic E-state index is 3.62. The molecule has 0 amide bonds. The molecular weight excluding hydrogens is 471 g/mol. The number of hydrogen-bond acceptors (Lipinski definition) is 2. The molecule has 0 N–H and O–H groups in total. The standard InChI is InChI=1S/C14H10Br2S2Se/c15-11-3-5-17-13(11)7-9-1-2-10(19-9)8-14-12(16)4-6-18-14/h1-6H,7-8H2. The van der Waals surface area contributed by atoms with Crippen molar-refractivity contribution in [2.45, 2.75) is 12.8 Å². The first-order valence-corrected chi connectivity index (χ1v) is 10.8. The van der Waals surface area contributed by atoms with Crippen molar-refractivity contribution in [2.75, 3.05) is 0 Å². The summed E-state index contributed by atoms with van der Waals surface area (Å²) in [4.78, 5) is 2.89. The van der Waals surface area contributed by atoms with Crippen LogP contribution in [0.3, 0.4) is 0 Å². The third kappa shape index (κ3) is 3.52. The van der Waals surface area contributed by atoms with Crippen LogP contribution < -0.4 is 0 Å². The fraction of sp³-hybridized carbons (Fsp3) is 0.143. The molecule has 0 aliphatic heterocycles. The summed E-state index contributed by atoms with van der Waals surface area (Å²) in [5.74, 6) is 0. The van der Waals surface area contributed by atoms with Crippen molar-refractivity contribution in [2.24, 2.45) is 0 Å². The average molecular weight is 481 g/mol. The zero-order chi connectivity index (χ0) is 13.2. The third-order valence-corrected chi connectivity index (χ3v) is 8.90. The average Bonchev–Trinajstić information content (AvgIpc) is 3.07. The second-order valence-corrected chi connectivity index (χ2v) is 10.4. The maximum atomic E-state index is 3.62. The van der Waals surface area contributed by atoms with E-state index in [1.165, 1.54) is 18.7 Å². The first-order valence-electron chi connectivity index (χ1n) is 5.73. The van der Waals surface area contributed by atoms with Gasteiger partial charge in [0.15, 0.2) is 0 Å². The molecule has 98 valence electrons. The fourth-order valence-corrected chi connectivity index (χ4v) is 7.46. The zero-order valence-corrected chi connectivity index (χ0v) is 16.4. The van der Waals surface area contributed by atoms with E-state index in [1.54, 1.807) is 8.87 Å². The van der Waals surface area contributed by atoms with Gasteiger partial charge in [-0.15, -0.1) is 0 Å². The topological polar surface area (TPSA) is 0 Å². The van der Waals surface area contributed by atoms with Crippen molar-refractivity contribution >= 4 is 69.0 Å². The van der Waals surface area contributed by atoms with Crippen LogP contribution in [0, 0.1) is 0 Å². The monoisotopic (exact) mass is 480 g/mol. The Kier molecular flexibility index (Phi) is 4.83. The van der Waals surface area contributed by atoms with E-state index in [2.05, 4.69) is 66.9 Å². The molecule has 0 unspecified atom stereocenters. The Bertz CT molecular complexity index is 624. The van der Waals surface area contributed by atoms with Crippen LogP contribution in [0.1, 0.15) is 18.6 Å². The summed E-state index contributed by atoms with van der Waals surface area (Å²) in [5.41, 5.74) is 0. The van der Waals surface area contributed by atoms with Gasteiger partial charge in [-0.1, -0.05) is 0 Å². The molecule has 0 spiro atoms. The molecule has 3 aromatic heterocycles.